The fraction of sp³-hybridized carbons (Fsp3) is 0.250. The van der Waals surface area contributed by atoms with E-state index in [1.54, 1.807) is 0 Å². The highest BCUT2D eigenvalue weighted by molar-refractivity contribution is 5.87. The standard InChI is InChI=1S/C32H35N/c1-31(2,3)25-17-19-29(27(21-25)23-13-9-7-10-14-23)33-30-20-18-26(32(4,5)6)22-28(30)24-15-11-8-12-16-24/h7-22,33H,1-6H3. The van der Waals surface area contributed by atoms with Crippen LogP contribution >= 0.6 is 0 Å². The van der Waals surface area contributed by atoms with E-state index in [2.05, 4.69) is 144 Å². The van der Waals surface area contributed by atoms with Crippen molar-refractivity contribution in [3.8, 4) is 22.3 Å². The average Bonchev–Trinajstić information content (AvgIpc) is 2.79. The molecule has 1 N–H and O–H groups in total. The van der Waals surface area contributed by atoms with Crippen LogP contribution in [0.3, 0.4) is 0 Å². The molecule has 0 spiro atoms. The smallest absolute Gasteiger partial charge is 0.0464 e. The number of rotatable bonds is 4. The van der Waals surface area contributed by atoms with Crippen LogP contribution in [-0.2, 0) is 10.8 Å². The minimum Gasteiger partial charge on any atom is -0.355 e. The van der Waals surface area contributed by atoms with E-state index in [0.717, 1.165) is 11.4 Å². The lowest BCUT2D eigenvalue weighted by Crippen LogP contribution is -2.12. The van der Waals surface area contributed by atoms with Crippen molar-refractivity contribution in [3.63, 3.8) is 0 Å². The first kappa shape index (κ1) is 22.9. The van der Waals surface area contributed by atoms with E-state index in [1.165, 1.54) is 33.4 Å². The van der Waals surface area contributed by atoms with Crippen LogP contribution in [0.25, 0.3) is 22.3 Å². The first-order valence-electron chi connectivity index (χ1n) is 11.8. The predicted octanol–water partition coefficient (Wildman–Crippen LogP) is 9.36. The van der Waals surface area contributed by atoms with Gasteiger partial charge in [-0.15, -0.1) is 0 Å². The molecule has 1 nitrogen and oxygen atoms in total. The van der Waals surface area contributed by atoms with Crippen molar-refractivity contribution in [1.82, 2.24) is 0 Å². The van der Waals surface area contributed by atoms with Crippen LogP contribution in [0.5, 0.6) is 0 Å². The Bertz CT molecular complexity index is 1120. The third-order valence-corrected chi connectivity index (χ3v) is 6.21. The first-order valence-corrected chi connectivity index (χ1v) is 11.8. The molecule has 0 amide bonds. The number of anilines is 2. The third-order valence-electron chi connectivity index (χ3n) is 6.21. The summed E-state index contributed by atoms with van der Waals surface area (Å²) in [6, 6.07) is 35.0. The lowest BCUT2D eigenvalue weighted by atomic mass is 9.84. The molecule has 0 atom stereocenters. The summed E-state index contributed by atoms with van der Waals surface area (Å²) in [5.41, 5.74) is 9.97. The number of hydrogen-bond donors (Lipinski definition) is 1. The molecular weight excluding hydrogens is 398 g/mol. The molecule has 0 radical (unpaired) electrons. The highest BCUT2D eigenvalue weighted by Gasteiger charge is 2.19. The second-order valence-electron chi connectivity index (χ2n) is 10.9. The van der Waals surface area contributed by atoms with E-state index < -0.39 is 0 Å². The Morgan fingerprint density at radius 2 is 0.818 bits per heavy atom. The van der Waals surface area contributed by atoms with Crippen LogP contribution in [0.15, 0.2) is 97.1 Å². The van der Waals surface area contributed by atoms with Gasteiger partial charge >= 0.3 is 0 Å². The van der Waals surface area contributed by atoms with Gasteiger partial charge in [-0.3, -0.25) is 0 Å². The maximum absolute atomic E-state index is 3.80. The van der Waals surface area contributed by atoms with Crippen molar-refractivity contribution >= 4 is 11.4 Å². The Morgan fingerprint density at radius 1 is 0.455 bits per heavy atom. The molecule has 0 aliphatic heterocycles. The van der Waals surface area contributed by atoms with Crippen LogP contribution in [0.2, 0.25) is 0 Å². The normalized spacial score (nSPS) is 11.9. The molecule has 4 rings (SSSR count). The van der Waals surface area contributed by atoms with Gasteiger partial charge < -0.3 is 5.32 Å². The average molecular weight is 434 g/mol. The fourth-order valence-electron chi connectivity index (χ4n) is 4.10. The van der Waals surface area contributed by atoms with Crippen molar-refractivity contribution in [2.45, 2.75) is 52.4 Å². The van der Waals surface area contributed by atoms with Crippen LogP contribution in [0, 0.1) is 0 Å². The zero-order valence-electron chi connectivity index (χ0n) is 20.7. The van der Waals surface area contributed by atoms with Gasteiger partial charge in [0, 0.05) is 22.5 Å². The summed E-state index contributed by atoms with van der Waals surface area (Å²) in [7, 11) is 0. The van der Waals surface area contributed by atoms with E-state index in [1.807, 2.05) is 0 Å². The van der Waals surface area contributed by atoms with Crippen LogP contribution in [0.1, 0.15) is 52.7 Å². The maximum Gasteiger partial charge on any atom is 0.0464 e. The van der Waals surface area contributed by atoms with Gasteiger partial charge in [0.25, 0.3) is 0 Å². The zero-order valence-corrected chi connectivity index (χ0v) is 20.7. The summed E-state index contributed by atoms with van der Waals surface area (Å²) in [5, 5.41) is 3.80. The lowest BCUT2D eigenvalue weighted by molar-refractivity contribution is 0.590. The molecule has 0 aromatic heterocycles. The molecule has 0 aliphatic rings. The molecule has 4 aromatic carbocycles. The van der Waals surface area contributed by atoms with Crippen molar-refractivity contribution < 1.29 is 0 Å². The molecule has 0 bridgehead atoms. The van der Waals surface area contributed by atoms with Gasteiger partial charge in [-0.1, -0.05) is 114 Å². The Kier molecular flexibility index (Phi) is 6.17. The molecule has 0 aliphatic carbocycles. The zero-order chi connectivity index (χ0) is 23.6. The minimum absolute atomic E-state index is 0.0889. The van der Waals surface area contributed by atoms with Gasteiger partial charge in [0.2, 0.25) is 0 Å². The summed E-state index contributed by atoms with van der Waals surface area (Å²) in [6.45, 7) is 13.6. The van der Waals surface area contributed by atoms with Crippen molar-refractivity contribution in [2.24, 2.45) is 0 Å². The van der Waals surface area contributed by atoms with Crippen LogP contribution < -0.4 is 5.32 Å². The van der Waals surface area contributed by atoms with E-state index in [4.69, 9.17) is 0 Å². The monoisotopic (exact) mass is 433 g/mol. The van der Waals surface area contributed by atoms with Gasteiger partial charge in [0.05, 0.1) is 0 Å². The summed E-state index contributed by atoms with van der Waals surface area (Å²) in [4.78, 5) is 0. The van der Waals surface area contributed by atoms with E-state index in [0.29, 0.717) is 0 Å². The Labute approximate surface area is 199 Å². The summed E-state index contributed by atoms with van der Waals surface area (Å²) in [5.74, 6) is 0. The molecule has 33 heavy (non-hydrogen) atoms. The third kappa shape index (κ3) is 5.20. The van der Waals surface area contributed by atoms with E-state index in [9.17, 15) is 0 Å². The Balaban J connectivity index is 1.85. The molecule has 0 saturated carbocycles. The van der Waals surface area contributed by atoms with Gasteiger partial charge in [-0.2, -0.15) is 0 Å². The van der Waals surface area contributed by atoms with Crippen molar-refractivity contribution in [2.75, 3.05) is 5.32 Å². The molecular formula is C32H35N. The van der Waals surface area contributed by atoms with Gasteiger partial charge in [-0.05, 0) is 57.3 Å². The van der Waals surface area contributed by atoms with E-state index in [-0.39, 0.29) is 10.8 Å². The second-order valence-corrected chi connectivity index (χ2v) is 10.9. The van der Waals surface area contributed by atoms with Crippen LogP contribution in [-0.4, -0.2) is 0 Å². The summed E-state index contributed by atoms with van der Waals surface area (Å²) in [6.07, 6.45) is 0. The second kappa shape index (κ2) is 8.90. The Morgan fingerprint density at radius 3 is 1.15 bits per heavy atom. The highest BCUT2D eigenvalue weighted by atomic mass is 14.9. The van der Waals surface area contributed by atoms with Gasteiger partial charge in [0.15, 0.2) is 0 Å². The maximum atomic E-state index is 3.80. The molecule has 1 heteroatoms. The van der Waals surface area contributed by atoms with Crippen molar-refractivity contribution in [1.29, 1.82) is 0 Å². The summed E-state index contributed by atoms with van der Waals surface area (Å²) < 4.78 is 0. The van der Waals surface area contributed by atoms with Crippen molar-refractivity contribution in [3.05, 3.63) is 108 Å². The quantitative estimate of drug-likeness (QED) is 0.338. The molecule has 0 saturated heterocycles. The summed E-state index contributed by atoms with van der Waals surface area (Å²) >= 11 is 0. The lowest BCUT2D eigenvalue weighted by Gasteiger charge is -2.24. The highest BCUT2D eigenvalue weighted by Crippen LogP contribution is 2.39. The van der Waals surface area contributed by atoms with Gasteiger partial charge in [0.1, 0.15) is 0 Å². The molecule has 0 unspecified atom stereocenters. The first-order chi connectivity index (χ1) is 15.6. The molecule has 4 aromatic rings. The molecule has 168 valence electrons. The predicted molar refractivity (Wildman–Crippen MR) is 144 cm³/mol. The topological polar surface area (TPSA) is 12.0 Å². The van der Waals surface area contributed by atoms with Gasteiger partial charge in [-0.25, -0.2) is 0 Å². The number of hydrogen-bond acceptors (Lipinski definition) is 1. The number of nitrogens with one attached hydrogen (secondary N) is 1. The largest absolute Gasteiger partial charge is 0.355 e. The molecule has 0 heterocycles. The Hall–Kier alpha value is -3.32. The number of benzene rings is 4. The minimum atomic E-state index is 0.0889. The fourth-order valence-corrected chi connectivity index (χ4v) is 4.10. The molecule has 0 fully saturated rings. The van der Waals surface area contributed by atoms with Crippen LogP contribution in [0.4, 0.5) is 11.4 Å². The van der Waals surface area contributed by atoms with E-state index >= 15 is 0 Å². The SMILES string of the molecule is CC(C)(C)c1ccc(Nc2ccc(C(C)(C)C)cc2-c2ccccc2)c(-c2ccccc2)c1.